The van der Waals surface area contributed by atoms with Gasteiger partial charge in [0, 0.05) is 25.3 Å². The van der Waals surface area contributed by atoms with Crippen molar-refractivity contribution in [1.29, 1.82) is 5.26 Å². The van der Waals surface area contributed by atoms with Crippen LogP contribution in [0.5, 0.6) is 0 Å². The molecule has 0 spiro atoms. The molecule has 1 aromatic rings. The quantitative estimate of drug-likeness (QED) is 0.732. The first-order valence-electron chi connectivity index (χ1n) is 5.51. The van der Waals surface area contributed by atoms with Crippen molar-refractivity contribution in [1.82, 2.24) is 15.6 Å². The van der Waals surface area contributed by atoms with Gasteiger partial charge in [0.2, 0.25) is 0 Å². The lowest BCUT2D eigenvalue weighted by Gasteiger charge is -2.08. The Morgan fingerprint density at radius 2 is 2.24 bits per heavy atom. The van der Waals surface area contributed by atoms with Crippen molar-refractivity contribution in [3.8, 4) is 6.07 Å². The zero-order valence-corrected chi connectivity index (χ0v) is 10.0. The largest absolute Gasteiger partial charge is 0.349 e. The monoisotopic (exact) mass is 232 g/mol. The van der Waals surface area contributed by atoms with Crippen molar-refractivity contribution in [3.63, 3.8) is 0 Å². The van der Waals surface area contributed by atoms with Gasteiger partial charge >= 0.3 is 0 Å². The molecule has 2 N–H and O–H groups in total. The molecular weight excluding hydrogens is 216 g/mol. The van der Waals surface area contributed by atoms with Crippen molar-refractivity contribution in [3.05, 3.63) is 29.6 Å². The molecule has 1 heterocycles. The van der Waals surface area contributed by atoms with E-state index < -0.39 is 0 Å². The molecule has 0 aromatic carbocycles. The van der Waals surface area contributed by atoms with E-state index in [1.165, 1.54) is 6.20 Å². The van der Waals surface area contributed by atoms with E-state index in [1.54, 1.807) is 12.1 Å². The maximum Gasteiger partial charge on any atom is 0.269 e. The number of carbonyl (C=O) groups excluding carboxylic acids is 1. The normalized spacial score (nSPS) is 10.0. The fourth-order valence-corrected chi connectivity index (χ4v) is 1.22. The van der Waals surface area contributed by atoms with Crippen LogP contribution < -0.4 is 10.6 Å². The third-order valence-electron chi connectivity index (χ3n) is 2.09. The average molecular weight is 232 g/mol. The lowest BCUT2D eigenvalue weighted by Crippen LogP contribution is -2.34. The van der Waals surface area contributed by atoms with Gasteiger partial charge in [-0.1, -0.05) is 13.8 Å². The van der Waals surface area contributed by atoms with Gasteiger partial charge in [0.25, 0.3) is 5.91 Å². The molecule has 0 saturated heterocycles. The molecule has 0 saturated carbocycles. The van der Waals surface area contributed by atoms with Crippen LogP contribution in [0, 0.1) is 11.3 Å². The number of nitrogens with zero attached hydrogens (tertiary/aromatic N) is 2. The molecule has 17 heavy (non-hydrogen) atoms. The third kappa shape index (κ3) is 4.62. The molecule has 5 nitrogen and oxygen atoms in total. The summed E-state index contributed by atoms with van der Waals surface area (Å²) in [6.07, 6.45) is 1.39. The Morgan fingerprint density at radius 1 is 1.47 bits per heavy atom. The zero-order chi connectivity index (χ0) is 12.7. The molecule has 1 rings (SSSR count). The maximum absolute atomic E-state index is 11.6. The third-order valence-corrected chi connectivity index (χ3v) is 2.09. The fourth-order valence-electron chi connectivity index (χ4n) is 1.22. The highest BCUT2D eigenvalue weighted by Crippen LogP contribution is 1.98. The highest BCUT2D eigenvalue weighted by atomic mass is 16.1. The summed E-state index contributed by atoms with van der Waals surface area (Å²) in [7, 11) is 0. The Bertz CT molecular complexity index is 406. The van der Waals surface area contributed by atoms with Gasteiger partial charge in [-0.25, -0.2) is 4.98 Å². The molecule has 0 radical (unpaired) electrons. The zero-order valence-electron chi connectivity index (χ0n) is 10.0. The van der Waals surface area contributed by atoms with Crippen LogP contribution in [0.25, 0.3) is 0 Å². The molecule has 0 atom stereocenters. The van der Waals surface area contributed by atoms with E-state index >= 15 is 0 Å². The Balaban J connectivity index is 2.39. The van der Waals surface area contributed by atoms with Crippen molar-refractivity contribution in [2.45, 2.75) is 19.9 Å². The van der Waals surface area contributed by atoms with Crippen LogP contribution in [0.1, 0.15) is 29.9 Å². The molecule has 0 aliphatic carbocycles. The number of hydrogen-bond acceptors (Lipinski definition) is 4. The molecule has 0 aliphatic rings. The number of nitrogens with one attached hydrogen (secondary N) is 2. The van der Waals surface area contributed by atoms with Gasteiger partial charge in [-0.2, -0.15) is 5.26 Å². The van der Waals surface area contributed by atoms with E-state index in [2.05, 4.69) is 15.6 Å². The van der Waals surface area contributed by atoms with Crippen molar-refractivity contribution < 1.29 is 4.79 Å². The first-order valence-corrected chi connectivity index (χ1v) is 5.51. The van der Waals surface area contributed by atoms with E-state index in [1.807, 2.05) is 19.9 Å². The number of carbonyl (C=O) groups is 1. The predicted molar refractivity (Wildman–Crippen MR) is 64.4 cm³/mol. The van der Waals surface area contributed by atoms with Crippen LogP contribution in [0.4, 0.5) is 0 Å². The second kappa shape index (κ2) is 6.61. The summed E-state index contributed by atoms with van der Waals surface area (Å²) in [5.41, 5.74) is 0.775. The van der Waals surface area contributed by atoms with Gasteiger partial charge < -0.3 is 10.6 Å². The molecule has 5 heteroatoms. The minimum Gasteiger partial charge on any atom is -0.349 e. The Kier molecular flexibility index (Phi) is 5.11. The highest BCUT2D eigenvalue weighted by Gasteiger charge is 2.05. The van der Waals surface area contributed by atoms with Gasteiger partial charge in [-0.15, -0.1) is 0 Å². The average Bonchev–Trinajstić information content (AvgIpc) is 2.34. The van der Waals surface area contributed by atoms with Gasteiger partial charge in [0.05, 0.1) is 5.56 Å². The Morgan fingerprint density at radius 3 is 2.76 bits per heavy atom. The number of rotatable bonds is 5. The van der Waals surface area contributed by atoms with Gasteiger partial charge in [-0.3, -0.25) is 4.79 Å². The second-order valence-corrected chi connectivity index (χ2v) is 3.91. The number of nitriles is 1. The van der Waals surface area contributed by atoms with E-state index in [0.717, 1.165) is 6.54 Å². The van der Waals surface area contributed by atoms with Crippen molar-refractivity contribution in [2.75, 3.05) is 13.1 Å². The summed E-state index contributed by atoms with van der Waals surface area (Å²) in [6.45, 7) is 5.37. The van der Waals surface area contributed by atoms with Crippen LogP contribution in [0.3, 0.4) is 0 Å². The number of aromatic nitrogens is 1. The first kappa shape index (κ1) is 13.1. The summed E-state index contributed by atoms with van der Waals surface area (Å²) in [5, 5.41) is 14.5. The fraction of sp³-hybridized carbons (Fsp3) is 0.417. The lowest BCUT2D eigenvalue weighted by atomic mass is 10.2. The first-order chi connectivity index (χ1) is 8.13. The van der Waals surface area contributed by atoms with Crippen molar-refractivity contribution >= 4 is 5.91 Å². The van der Waals surface area contributed by atoms with E-state index in [0.29, 0.717) is 23.8 Å². The summed E-state index contributed by atoms with van der Waals surface area (Å²) in [6, 6.07) is 5.48. The Hall–Kier alpha value is -1.93. The maximum atomic E-state index is 11.6. The number of hydrogen-bond donors (Lipinski definition) is 2. The van der Waals surface area contributed by atoms with Gasteiger partial charge in [0.15, 0.2) is 0 Å². The minimum atomic E-state index is -0.222. The molecule has 1 aromatic heterocycles. The van der Waals surface area contributed by atoms with E-state index in [4.69, 9.17) is 5.26 Å². The smallest absolute Gasteiger partial charge is 0.269 e. The van der Waals surface area contributed by atoms with Crippen LogP contribution in [0.2, 0.25) is 0 Å². The SMILES string of the molecule is CC(C)NCCNC(=O)c1ccc(C#N)cn1. The summed E-state index contributed by atoms with van der Waals surface area (Å²) < 4.78 is 0. The standard InChI is InChI=1S/C12H16N4O/c1-9(2)14-5-6-15-12(17)11-4-3-10(7-13)8-16-11/h3-4,8-9,14H,5-6H2,1-2H3,(H,15,17). The molecule has 0 aliphatic heterocycles. The lowest BCUT2D eigenvalue weighted by molar-refractivity contribution is 0.0948. The van der Waals surface area contributed by atoms with Gasteiger partial charge in [-0.05, 0) is 12.1 Å². The Labute approximate surface area is 101 Å². The summed E-state index contributed by atoms with van der Waals surface area (Å²) in [4.78, 5) is 15.5. The molecule has 1 amide bonds. The van der Waals surface area contributed by atoms with Gasteiger partial charge in [0.1, 0.15) is 11.8 Å². The minimum absolute atomic E-state index is 0.222. The molecular formula is C12H16N4O. The van der Waals surface area contributed by atoms with Crippen molar-refractivity contribution in [2.24, 2.45) is 0 Å². The van der Waals surface area contributed by atoms with E-state index in [-0.39, 0.29) is 5.91 Å². The predicted octanol–water partition coefficient (Wildman–Crippen LogP) is 0.681. The summed E-state index contributed by atoms with van der Waals surface area (Å²) in [5.74, 6) is -0.222. The topological polar surface area (TPSA) is 77.8 Å². The van der Waals surface area contributed by atoms with E-state index in [9.17, 15) is 4.79 Å². The van der Waals surface area contributed by atoms with Crippen LogP contribution in [-0.2, 0) is 0 Å². The molecule has 0 bridgehead atoms. The molecule has 0 unspecified atom stereocenters. The number of amides is 1. The molecule has 0 fully saturated rings. The number of pyridine rings is 1. The van der Waals surface area contributed by atoms with Crippen LogP contribution in [-0.4, -0.2) is 30.0 Å². The van der Waals surface area contributed by atoms with Crippen LogP contribution >= 0.6 is 0 Å². The van der Waals surface area contributed by atoms with Crippen LogP contribution in [0.15, 0.2) is 18.3 Å². The highest BCUT2D eigenvalue weighted by molar-refractivity contribution is 5.92. The molecule has 90 valence electrons. The summed E-state index contributed by atoms with van der Waals surface area (Å²) >= 11 is 0. The second-order valence-electron chi connectivity index (χ2n) is 3.91.